The van der Waals surface area contributed by atoms with Crippen molar-refractivity contribution in [3.63, 3.8) is 0 Å². The number of hydrogen-bond donors (Lipinski definition) is 2. The largest absolute Gasteiger partial charge is 0.459 e. The van der Waals surface area contributed by atoms with Gasteiger partial charge in [0, 0.05) is 5.39 Å². The van der Waals surface area contributed by atoms with E-state index in [0.29, 0.717) is 35.7 Å². The van der Waals surface area contributed by atoms with Crippen molar-refractivity contribution in [3.8, 4) is 11.7 Å². The first kappa shape index (κ1) is 14.3. The zero-order chi connectivity index (χ0) is 16.4. The Balaban J connectivity index is 1.59. The Bertz CT molecular complexity index is 965. The van der Waals surface area contributed by atoms with Crippen molar-refractivity contribution in [1.29, 1.82) is 0 Å². The van der Waals surface area contributed by atoms with Gasteiger partial charge in [0.05, 0.1) is 18.3 Å². The molecule has 2 N–H and O–H groups in total. The van der Waals surface area contributed by atoms with E-state index in [1.165, 1.54) is 0 Å². The summed E-state index contributed by atoms with van der Waals surface area (Å²) in [5.74, 6) is 2.26. The lowest BCUT2D eigenvalue weighted by atomic mass is 10.2. The molecule has 1 aromatic carbocycles. The van der Waals surface area contributed by atoms with Crippen molar-refractivity contribution < 1.29 is 14.0 Å². The maximum Gasteiger partial charge on any atom is 0.293 e. The van der Waals surface area contributed by atoms with E-state index in [-0.39, 0.29) is 6.61 Å². The van der Waals surface area contributed by atoms with Crippen LogP contribution in [0.15, 0.2) is 51.6 Å². The van der Waals surface area contributed by atoms with Crippen molar-refractivity contribution in [1.82, 2.24) is 20.1 Å². The first-order valence-electron chi connectivity index (χ1n) is 7.30. The van der Waals surface area contributed by atoms with E-state index in [1.54, 1.807) is 18.4 Å². The third kappa shape index (κ3) is 2.70. The molecule has 0 saturated heterocycles. The fourth-order valence-electron chi connectivity index (χ4n) is 2.32. The highest BCUT2D eigenvalue weighted by atomic mass is 16.5. The van der Waals surface area contributed by atoms with Crippen LogP contribution in [-0.2, 0) is 13.2 Å². The van der Waals surface area contributed by atoms with Gasteiger partial charge in [-0.05, 0) is 24.3 Å². The van der Waals surface area contributed by atoms with Gasteiger partial charge in [0.25, 0.3) is 5.89 Å². The van der Waals surface area contributed by atoms with Gasteiger partial charge in [0.15, 0.2) is 17.4 Å². The molecular formula is C16H13N5O3. The van der Waals surface area contributed by atoms with Gasteiger partial charge in [0.2, 0.25) is 0 Å². The number of furan rings is 1. The van der Waals surface area contributed by atoms with Gasteiger partial charge >= 0.3 is 0 Å². The fraction of sp³-hybridized carbons (Fsp3) is 0.125. The van der Waals surface area contributed by atoms with Crippen molar-refractivity contribution in [2.24, 2.45) is 0 Å². The summed E-state index contributed by atoms with van der Waals surface area (Å²) >= 11 is 0. The van der Waals surface area contributed by atoms with E-state index in [2.05, 4.69) is 25.4 Å². The number of anilines is 1. The number of hydrogen-bond acceptors (Lipinski definition) is 8. The van der Waals surface area contributed by atoms with Gasteiger partial charge in [-0.15, -0.1) is 0 Å². The van der Waals surface area contributed by atoms with Crippen LogP contribution in [0.2, 0.25) is 0 Å². The first-order valence-corrected chi connectivity index (χ1v) is 7.30. The normalized spacial score (nSPS) is 11.0. The summed E-state index contributed by atoms with van der Waals surface area (Å²) in [5, 5.41) is 17.2. The molecule has 0 unspecified atom stereocenters. The number of fused-ring (bicyclic) bond motifs is 1. The minimum Gasteiger partial charge on any atom is -0.459 e. The molecule has 0 saturated carbocycles. The number of benzene rings is 1. The third-order valence-electron chi connectivity index (χ3n) is 3.40. The number of aliphatic hydroxyl groups is 1. The molecule has 0 aliphatic heterocycles. The van der Waals surface area contributed by atoms with Crippen LogP contribution in [0.1, 0.15) is 11.6 Å². The SMILES string of the molecule is OCc1nc(NCc2noc(-c3ccco3)n2)c2ccccc2n1. The lowest BCUT2D eigenvalue weighted by Gasteiger charge is -2.08. The van der Waals surface area contributed by atoms with Crippen LogP contribution < -0.4 is 5.32 Å². The molecule has 0 fully saturated rings. The number of rotatable bonds is 5. The van der Waals surface area contributed by atoms with Crippen LogP contribution in [0.25, 0.3) is 22.6 Å². The lowest BCUT2D eigenvalue weighted by molar-refractivity contribution is 0.272. The molecule has 3 heterocycles. The molecule has 0 spiro atoms. The van der Waals surface area contributed by atoms with Gasteiger partial charge in [-0.25, -0.2) is 9.97 Å². The highest BCUT2D eigenvalue weighted by molar-refractivity contribution is 5.88. The molecule has 0 amide bonds. The zero-order valence-electron chi connectivity index (χ0n) is 12.5. The number of nitrogens with one attached hydrogen (secondary N) is 1. The molecule has 0 radical (unpaired) electrons. The van der Waals surface area contributed by atoms with Crippen LogP contribution in [0.5, 0.6) is 0 Å². The summed E-state index contributed by atoms with van der Waals surface area (Å²) in [6.45, 7) is 0.0838. The van der Waals surface area contributed by atoms with E-state index < -0.39 is 0 Å². The molecule has 0 atom stereocenters. The van der Waals surface area contributed by atoms with Crippen molar-refractivity contribution >= 4 is 16.7 Å². The van der Waals surface area contributed by atoms with E-state index in [4.69, 9.17) is 8.94 Å². The number of nitrogens with zero attached hydrogens (tertiary/aromatic N) is 4. The molecule has 8 heteroatoms. The number of aliphatic hydroxyl groups excluding tert-OH is 1. The van der Waals surface area contributed by atoms with E-state index in [1.807, 2.05) is 24.3 Å². The highest BCUT2D eigenvalue weighted by Gasteiger charge is 2.12. The maximum atomic E-state index is 9.31. The standard InChI is InChI=1S/C16H13N5O3/c22-9-14-18-11-5-2-1-4-10(11)15(19-14)17-8-13-20-16(24-21-13)12-6-3-7-23-12/h1-7,22H,8-9H2,(H,17,18,19). The molecule has 0 bridgehead atoms. The second kappa shape index (κ2) is 6.09. The van der Waals surface area contributed by atoms with E-state index in [0.717, 1.165) is 10.9 Å². The predicted octanol–water partition coefficient (Wildman–Crippen LogP) is 2.38. The monoisotopic (exact) mass is 323 g/mol. The van der Waals surface area contributed by atoms with Crippen molar-refractivity contribution in [3.05, 3.63) is 54.3 Å². The Morgan fingerprint density at radius 3 is 2.75 bits per heavy atom. The second-order valence-electron chi connectivity index (χ2n) is 5.01. The van der Waals surface area contributed by atoms with Crippen LogP contribution in [0.3, 0.4) is 0 Å². The highest BCUT2D eigenvalue weighted by Crippen LogP contribution is 2.21. The first-order chi connectivity index (χ1) is 11.8. The smallest absolute Gasteiger partial charge is 0.293 e. The van der Waals surface area contributed by atoms with Crippen LogP contribution in [-0.4, -0.2) is 25.2 Å². The summed E-state index contributed by atoms with van der Waals surface area (Å²) in [5.41, 5.74) is 0.753. The Morgan fingerprint density at radius 2 is 1.92 bits per heavy atom. The van der Waals surface area contributed by atoms with Crippen LogP contribution >= 0.6 is 0 Å². The molecule has 4 aromatic rings. The van der Waals surface area contributed by atoms with Gasteiger partial charge in [0.1, 0.15) is 12.4 Å². The van der Waals surface area contributed by atoms with Crippen molar-refractivity contribution in [2.45, 2.75) is 13.2 Å². The van der Waals surface area contributed by atoms with Gasteiger partial charge < -0.3 is 19.4 Å². The topological polar surface area (TPSA) is 110 Å². The summed E-state index contributed by atoms with van der Waals surface area (Å²) in [6.07, 6.45) is 1.54. The average Bonchev–Trinajstić information content (AvgIpc) is 3.30. The van der Waals surface area contributed by atoms with Crippen LogP contribution in [0.4, 0.5) is 5.82 Å². The summed E-state index contributed by atoms with van der Waals surface area (Å²) in [6, 6.07) is 11.1. The Labute approximate surface area is 136 Å². The second-order valence-corrected chi connectivity index (χ2v) is 5.01. The average molecular weight is 323 g/mol. The quantitative estimate of drug-likeness (QED) is 0.576. The Kier molecular flexibility index (Phi) is 3.64. The molecular weight excluding hydrogens is 310 g/mol. The zero-order valence-corrected chi connectivity index (χ0v) is 12.5. The molecule has 0 aliphatic carbocycles. The molecule has 3 aromatic heterocycles. The molecule has 8 nitrogen and oxygen atoms in total. The summed E-state index contributed by atoms with van der Waals surface area (Å²) in [4.78, 5) is 12.9. The van der Waals surface area contributed by atoms with Gasteiger partial charge in [-0.1, -0.05) is 17.3 Å². The number of para-hydroxylation sites is 1. The molecule has 4 rings (SSSR count). The minimum atomic E-state index is -0.232. The summed E-state index contributed by atoms with van der Waals surface area (Å²) in [7, 11) is 0. The number of aromatic nitrogens is 4. The molecule has 120 valence electrons. The van der Waals surface area contributed by atoms with E-state index >= 15 is 0 Å². The lowest BCUT2D eigenvalue weighted by Crippen LogP contribution is -2.06. The van der Waals surface area contributed by atoms with Crippen molar-refractivity contribution in [2.75, 3.05) is 5.32 Å². The predicted molar refractivity (Wildman–Crippen MR) is 84.8 cm³/mol. The summed E-state index contributed by atoms with van der Waals surface area (Å²) < 4.78 is 10.4. The van der Waals surface area contributed by atoms with Gasteiger partial charge in [-0.2, -0.15) is 4.98 Å². The van der Waals surface area contributed by atoms with Gasteiger partial charge in [-0.3, -0.25) is 0 Å². The fourth-order valence-corrected chi connectivity index (χ4v) is 2.32. The van der Waals surface area contributed by atoms with E-state index in [9.17, 15) is 5.11 Å². The third-order valence-corrected chi connectivity index (χ3v) is 3.40. The maximum absolute atomic E-state index is 9.31. The minimum absolute atomic E-state index is 0.232. The van der Waals surface area contributed by atoms with Crippen LogP contribution in [0, 0.1) is 0 Å². The Morgan fingerprint density at radius 1 is 1.00 bits per heavy atom. The molecule has 24 heavy (non-hydrogen) atoms. The Hall–Kier alpha value is -3.26. The molecule has 0 aliphatic rings.